The van der Waals surface area contributed by atoms with Crippen LogP contribution in [-0.2, 0) is 4.79 Å². The van der Waals surface area contributed by atoms with Crippen molar-refractivity contribution in [3.05, 3.63) is 23.8 Å². The van der Waals surface area contributed by atoms with E-state index in [-0.39, 0.29) is 31.1 Å². The molecule has 1 heterocycles. The lowest BCUT2D eigenvalue weighted by atomic mass is 10.0. The van der Waals surface area contributed by atoms with Crippen LogP contribution >= 0.6 is 0 Å². The monoisotopic (exact) mass is 244 g/mol. The molecule has 1 aromatic rings. The minimum atomic E-state index is -0.149. The molecule has 0 fully saturated rings. The van der Waals surface area contributed by atoms with E-state index < -0.39 is 0 Å². The fraction of sp³-hybridized carbons (Fsp3) is 0.308. The lowest BCUT2D eigenvalue weighted by Crippen LogP contribution is -2.35. The minimum Gasteiger partial charge on any atom is -0.482 e. The van der Waals surface area contributed by atoms with Crippen LogP contribution in [0.3, 0.4) is 0 Å². The number of anilines is 1. The molecule has 92 valence electrons. The standard InChI is InChI=1S/C13H12N2O3/c1-15-10-7-9(11(16)3-2-6-14)4-5-12(10)18-8-13(15)17/h4-5,7H,2-3,8H2,1H3. The summed E-state index contributed by atoms with van der Waals surface area (Å²) in [6.45, 7) is 0.0191. The average molecular weight is 244 g/mol. The first-order chi connectivity index (χ1) is 8.63. The quantitative estimate of drug-likeness (QED) is 0.756. The predicted molar refractivity (Wildman–Crippen MR) is 64.5 cm³/mol. The van der Waals surface area contributed by atoms with Gasteiger partial charge in [-0.15, -0.1) is 0 Å². The Balaban J connectivity index is 2.29. The van der Waals surface area contributed by atoms with Crippen LogP contribution in [0, 0.1) is 11.3 Å². The molecule has 0 aliphatic carbocycles. The summed E-state index contributed by atoms with van der Waals surface area (Å²) in [5, 5.41) is 8.46. The van der Waals surface area contributed by atoms with Crippen molar-refractivity contribution < 1.29 is 14.3 Å². The molecule has 5 nitrogen and oxygen atoms in total. The molecule has 18 heavy (non-hydrogen) atoms. The molecule has 1 amide bonds. The van der Waals surface area contributed by atoms with Crippen molar-refractivity contribution in [3.8, 4) is 11.8 Å². The maximum Gasteiger partial charge on any atom is 0.264 e. The van der Waals surface area contributed by atoms with Crippen LogP contribution in [0.4, 0.5) is 5.69 Å². The second kappa shape index (κ2) is 4.88. The number of fused-ring (bicyclic) bond motifs is 1. The minimum absolute atomic E-state index is 0.0191. The molecule has 1 aliphatic rings. The van der Waals surface area contributed by atoms with Crippen molar-refractivity contribution in [1.29, 1.82) is 5.26 Å². The van der Waals surface area contributed by atoms with E-state index in [9.17, 15) is 9.59 Å². The van der Waals surface area contributed by atoms with Crippen LogP contribution in [0.1, 0.15) is 23.2 Å². The summed E-state index contributed by atoms with van der Waals surface area (Å²) in [4.78, 5) is 24.7. The summed E-state index contributed by atoms with van der Waals surface area (Å²) < 4.78 is 5.27. The number of amides is 1. The number of nitriles is 1. The topological polar surface area (TPSA) is 70.4 Å². The highest BCUT2D eigenvalue weighted by atomic mass is 16.5. The van der Waals surface area contributed by atoms with E-state index in [1.807, 2.05) is 6.07 Å². The van der Waals surface area contributed by atoms with E-state index in [4.69, 9.17) is 10.00 Å². The summed E-state index contributed by atoms with van der Waals surface area (Å²) in [5.41, 5.74) is 1.09. The van der Waals surface area contributed by atoms with Crippen molar-refractivity contribution in [2.75, 3.05) is 18.6 Å². The van der Waals surface area contributed by atoms with Crippen molar-refractivity contribution >= 4 is 17.4 Å². The van der Waals surface area contributed by atoms with Crippen molar-refractivity contribution in [1.82, 2.24) is 0 Å². The second-order valence-corrected chi connectivity index (χ2v) is 4.01. The van der Waals surface area contributed by atoms with Crippen molar-refractivity contribution in [2.24, 2.45) is 0 Å². The van der Waals surface area contributed by atoms with E-state index in [0.717, 1.165) is 0 Å². The molecule has 0 aromatic heterocycles. The van der Waals surface area contributed by atoms with Gasteiger partial charge >= 0.3 is 0 Å². The number of ether oxygens (including phenoxy) is 1. The highest BCUT2D eigenvalue weighted by Gasteiger charge is 2.23. The van der Waals surface area contributed by atoms with E-state index in [1.54, 1.807) is 25.2 Å². The molecule has 0 radical (unpaired) electrons. The van der Waals surface area contributed by atoms with Gasteiger partial charge in [0.25, 0.3) is 5.91 Å². The van der Waals surface area contributed by atoms with Crippen LogP contribution in [0.25, 0.3) is 0 Å². The highest BCUT2D eigenvalue weighted by Crippen LogP contribution is 2.32. The molecular weight excluding hydrogens is 232 g/mol. The van der Waals surface area contributed by atoms with E-state index in [2.05, 4.69) is 0 Å². The second-order valence-electron chi connectivity index (χ2n) is 4.01. The van der Waals surface area contributed by atoms with Gasteiger partial charge in [0, 0.05) is 25.5 Å². The zero-order valence-electron chi connectivity index (χ0n) is 9.97. The Morgan fingerprint density at radius 2 is 2.33 bits per heavy atom. The molecule has 1 aliphatic heterocycles. The number of carbonyl (C=O) groups is 2. The SMILES string of the molecule is CN1C(=O)COc2ccc(C(=O)CCC#N)cc21. The van der Waals surface area contributed by atoms with E-state index in [0.29, 0.717) is 17.0 Å². The zero-order valence-corrected chi connectivity index (χ0v) is 9.97. The number of rotatable bonds is 3. The van der Waals surface area contributed by atoms with Crippen molar-refractivity contribution in [3.63, 3.8) is 0 Å². The van der Waals surface area contributed by atoms with Gasteiger partial charge in [-0.3, -0.25) is 9.59 Å². The number of Topliss-reactive ketones (excluding diaryl/α,β-unsaturated/α-hetero) is 1. The number of carbonyl (C=O) groups excluding carboxylic acids is 2. The number of ketones is 1. The Bertz CT molecular complexity index is 546. The van der Waals surface area contributed by atoms with Gasteiger partial charge in [-0.05, 0) is 18.2 Å². The van der Waals surface area contributed by atoms with Crippen LogP contribution in [0.5, 0.6) is 5.75 Å². The maximum atomic E-state index is 11.8. The first-order valence-electron chi connectivity index (χ1n) is 5.57. The summed E-state index contributed by atoms with van der Waals surface area (Å²) in [7, 11) is 1.65. The Kier molecular flexibility index (Phi) is 3.28. The maximum absolute atomic E-state index is 11.8. The first kappa shape index (κ1) is 12.1. The highest BCUT2D eigenvalue weighted by molar-refractivity contribution is 6.01. The third-order valence-electron chi connectivity index (χ3n) is 2.83. The number of nitrogens with zero attached hydrogens (tertiary/aromatic N) is 2. The number of benzene rings is 1. The zero-order chi connectivity index (χ0) is 13.1. The molecule has 0 bridgehead atoms. The van der Waals surface area contributed by atoms with Gasteiger partial charge in [-0.25, -0.2) is 0 Å². The summed E-state index contributed by atoms with van der Waals surface area (Å²) in [5.74, 6) is 0.337. The van der Waals surface area contributed by atoms with E-state index in [1.165, 1.54) is 4.90 Å². The molecule has 0 N–H and O–H groups in total. The predicted octanol–water partition coefficient (Wildman–Crippen LogP) is 1.53. The number of hydrogen-bond donors (Lipinski definition) is 0. The Morgan fingerprint density at radius 3 is 3.06 bits per heavy atom. The van der Waals surface area contributed by atoms with Crippen LogP contribution < -0.4 is 9.64 Å². The molecular formula is C13H12N2O3. The van der Waals surface area contributed by atoms with Gasteiger partial charge in [-0.1, -0.05) is 0 Å². The fourth-order valence-electron chi connectivity index (χ4n) is 1.76. The van der Waals surface area contributed by atoms with Crippen molar-refractivity contribution in [2.45, 2.75) is 12.8 Å². The van der Waals surface area contributed by atoms with Gasteiger partial charge in [-0.2, -0.15) is 5.26 Å². The third kappa shape index (κ3) is 2.18. The fourth-order valence-corrected chi connectivity index (χ4v) is 1.76. The van der Waals surface area contributed by atoms with Crippen LogP contribution in [0.2, 0.25) is 0 Å². The largest absolute Gasteiger partial charge is 0.482 e. The molecule has 0 saturated heterocycles. The molecule has 2 rings (SSSR count). The normalized spacial score (nSPS) is 13.6. The average Bonchev–Trinajstić information content (AvgIpc) is 2.40. The Labute approximate surface area is 105 Å². The van der Waals surface area contributed by atoms with Gasteiger partial charge < -0.3 is 9.64 Å². The lowest BCUT2D eigenvalue weighted by molar-refractivity contribution is -0.120. The summed E-state index contributed by atoms with van der Waals surface area (Å²) >= 11 is 0. The molecule has 0 atom stereocenters. The van der Waals surface area contributed by atoms with E-state index >= 15 is 0 Å². The molecule has 1 aromatic carbocycles. The van der Waals surface area contributed by atoms with Crippen LogP contribution in [-0.4, -0.2) is 25.3 Å². The van der Waals surface area contributed by atoms with Gasteiger partial charge in [0.2, 0.25) is 0 Å². The third-order valence-corrected chi connectivity index (χ3v) is 2.83. The molecule has 0 saturated carbocycles. The van der Waals surface area contributed by atoms with Gasteiger partial charge in [0.15, 0.2) is 12.4 Å². The van der Waals surface area contributed by atoms with Crippen LogP contribution in [0.15, 0.2) is 18.2 Å². The summed E-state index contributed by atoms with van der Waals surface area (Å²) in [6, 6.07) is 6.90. The first-order valence-corrected chi connectivity index (χ1v) is 5.57. The summed E-state index contributed by atoms with van der Waals surface area (Å²) in [6.07, 6.45) is 0.384. The smallest absolute Gasteiger partial charge is 0.264 e. The number of likely N-dealkylation sites (N-methyl/N-ethyl adjacent to an activating group) is 1. The van der Waals surface area contributed by atoms with Gasteiger partial charge in [0.05, 0.1) is 11.8 Å². The lowest BCUT2D eigenvalue weighted by Gasteiger charge is -2.26. The Morgan fingerprint density at radius 1 is 1.56 bits per heavy atom. The Hall–Kier alpha value is -2.35. The molecule has 0 unspecified atom stereocenters. The molecule has 0 spiro atoms. The van der Waals surface area contributed by atoms with Gasteiger partial charge in [0.1, 0.15) is 5.75 Å². The number of hydrogen-bond acceptors (Lipinski definition) is 4. The molecule has 5 heteroatoms.